The lowest BCUT2D eigenvalue weighted by molar-refractivity contribution is 0.166. The maximum Gasteiger partial charge on any atom is 0.200 e. The highest BCUT2D eigenvalue weighted by molar-refractivity contribution is 6.06. The zero-order chi connectivity index (χ0) is 22.0. The van der Waals surface area contributed by atoms with Gasteiger partial charge in [0.2, 0.25) is 0 Å². The number of hydrogen-bond donors (Lipinski definition) is 0. The van der Waals surface area contributed by atoms with E-state index in [4.69, 9.17) is 19.5 Å². The van der Waals surface area contributed by atoms with Gasteiger partial charge in [0.05, 0.1) is 0 Å². The van der Waals surface area contributed by atoms with Gasteiger partial charge in [0.15, 0.2) is 11.8 Å². The minimum absolute atomic E-state index is 0.0635. The highest BCUT2D eigenvalue weighted by Crippen LogP contribution is 2.47. The van der Waals surface area contributed by atoms with Gasteiger partial charge in [0.25, 0.3) is 0 Å². The fourth-order valence-electron chi connectivity index (χ4n) is 5.98. The molecule has 4 nitrogen and oxygen atoms in total. The average molecular weight is 435 g/mol. The molecular formula is C29H26N2O2. The summed E-state index contributed by atoms with van der Waals surface area (Å²) in [4.78, 5) is 10.4. The van der Waals surface area contributed by atoms with Crippen molar-refractivity contribution in [2.24, 2.45) is 15.4 Å². The van der Waals surface area contributed by atoms with Crippen LogP contribution in [0.1, 0.15) is 46.8 Å². The number of fused-ring (bicyclic) bond motifs is 6. The summed E-state index contributed by atoms with van der Waals surface area (Å²) in [6, 6.07) is 27.8. The van der Waals surface area contributed by atoms with Crippen molar-refractivity contribution >= 4 is 11.8 Å². The van der Waals surface area contributed by atoms with E-state index in [2.05, 4.69) is 85.8 Å². The van der Waals surface area contributed by atoms with Gasteiger partial charge in [-0.15, -0.1) is 0 Å². The van der Waals surface area contributed by atoms with Crippen molar-refractivity contribution in [3.63, 3.8) is 0 Å². The maximum absolute atomic E-state index is 6.60. The lowest BCUT2D eigenvalue weighted by Crippen LogP contribution is -2.41. The lowest BCUT2D eigenvalue weighted by Gasteiger charge is -2.29. The third kappa shape index (κ3) is 2.90. The molecular weight excluding hydrogens is 408 g/mol. The van der Waals surface area contributed by atoms with Gasteiger partial charge < -0.3 is 9.47 Å². The van der Waals surface area contributed by atoms with Gasteiger partial charge in [-0.1, -0.05) is 78.9 Å². The van der Waals surface area contributed by atoms with E-state index < -0.39 is 5.41 Å². The molecule has 3 aromatic carbocycles. The van der Waals surface area contributed by atoms with Crippen molar-refractivity contribution in [2.75, 3.05) is 0 Å². The molecule has 0 radical (unpaired) electrons. The summed E-state index contributed by atoms with van der Waals surface area (Å²) < 4.78 is 13.2. The second-order valence-corrected chi connectivity index (χ2v) is 9.87. The van der Waals surface area contributed by atoms with E-state index in [0.717, 1.165) is 31.1 Å². The van der Waals surface area contributed by atoms with Crippen molar-refractivity contribution in [2.45, 2.75) is 50.5 Å². The van der Waals surface area contributed by atoms with Crippen molar-refractivity contribution < 1.29 is 9.47 Å². The average Bonchev–Trinajstić information content (AvgIpc) is 3.58. The second kappa shape index (κ2) is 7.05. The lowest BCUT2D eigenvalue weighted by atomic mass is 9.82. The Morgan fingerprint density at radius 2 is 1.18 bits per heavy atom. The molecule has 0 fully saturated rings. The highest BCUT2D eigenvalue weighted by Gasteiger charge is 2.52. The first kappa shape index (κ1) is 19.1. The summed E-state index contributed by atoms with van der Waals surface area (Å²) in [5.74, 6) is 1.53. The quantitative estimate of drug-likeness (QED) is 0.550. The fourth-order valence-corrected chi connectivity index (χ4v) is 5.98. The molecule has 2 aliphatic heterocycles. The van der Waals surface area contributed by atoms with Crippen LogP contribution in [-0.4, -0.2) is 24.0 Å². The molecule has 0 spiro atoms. The van der Waals surface area contributed by atoms with Gasteiger partial charge in [-0.2, -0.15) is 0 Å². The number of ether oxygens (including phenoxy) is 2. The maximum atomic E-state index is 6.60. The number of nitrogens with zero attached hydrogens (tertiary/aromatic N) is 2. The van der Waals surface area contributed by atoms with Gasteiger partial charge in [-0.3, -0.25) is 0 Å². The van der Waals surface area contributed by atoms with Crippen LogP contribution in [0.5, 0.6) is 0 Å². The predicted octanol–water partition coefficient (Wildman–Crippen LogP) is 5.42. The van der Waals surface area contributed by atoms with Gasteiger partial charge in [-0.05, 0) is 41.2 Å². The van der Waals surface area contributed by atoms with E-state index in [9.17, 15) is 0 Å². The molecule has 0 bridgehead atoms. The molecule has 7 rings (SSSR count). The highest BCUT2D eigenvalue weighted by atomic mass is 16.5. The number of rotatable bonds is 4. The Hall–Kier alpha value is -3.40. The van der Waals surface area contributed by atoms with Crippen LogP contribution in [0.4, 0.5) is 0 Å². The second-order valence-electron chi connectivity index (χ2n) is 9.87. The Balaban J connectivity index is 1.29. The van der Waals surface area contributed by atoms with E-state index in [1.807, 2.05) is 0 Å². The minimum Gasteiger partial charge on any atom is -0.474 e. The summed E-state index contributed by atoms with van der Waals surface area (Å²) >= 11 is 0. The molecule has 0 saturated carbocycles. The summed E-state index contributed by atoms with van der Waals surface area (Å²) in [7, 11) is 0. The van der Waals surface area contributed by atoms with Crippen LogP contribution in [0.25, 0.3) is 0 Å². The number of aliphatic imine (C=N–C) groups is 2. The zero-order valence-corrected chi connectivity index (χ0v) is 18.6. The molecule has 0 saturated heterocycles. The van der Waals surface area contributed by atoms with Gasteiger partial charge in [0, 0.05) is 12.8 Å². The monoisotopic (exact) mass is 434 g/mol. The minimum atomic E-state index is -0.542. The molecule has 3 aromatic rings. The van der Waals surface area contributed by atoms with Crippen molar-refractivity contribution in [3.05, 3.63) is 107 Å². The molecule has 0 amide bonds. The van der Waals surface area contributed by atoms with Crippen molar-refractivity contribution in [1.82, 2.24) is 0 Å². The summed E-state index contributed by atoms with van der Waals surface area (Å²) in [6.07, 6.45) is 2.68. The van der Waals surface area contributed by atoms with Crippen molar-refractivity contribution in [3.8, 4) is 0 Å². The first-order chi connectivity index (χ1) is 16.2. The largest absolute Gasteiger partial charge is 0.474 e. The Labute approximate surface area is 194 Å². The van der Waals surface area contributed by atoms with Crippen LogP contribution in [0.15, 0.2) is 88.8 Å². The first-order valence-corrected chi connectivity index (χ1v) is 11.9. The van der Waals surface area contributed by atoms with Crippen LogP contribution in [-0.2, 0) is 28.7 Å². The molecule has 33 heavy (non-hydrogen) atoms. The number of benzene rings is 3. The normalized spacial score (nSPS) is 26.5. The summed E-state index contributed by atoms with van der Waals surface area (Å²) in [6.45, 7) is 2.19. The van der Waals surface area contributed by atoms with Gasteiger partial charge in [0.1, 0.15) is 29.7 Å². The van der Waals surface area contributed by atoms with Gasteiger partial charge in [-0.25, -0.2) is 9.98 Å². The van der Waals surface area contributed by atoms with E-state index in [0.29, 0.717) is 0 Å². The molecule has 0 aromatic heterocycles. The Kier molecular flexibility index (Phi) is 4.08. The van der Waals surface area contributed by atoms with Crippen molar-refractivity contribution in [1.29, 1.82) is 0 Å². The Morgan fingerprint density at radius 3 is 1.73 bits per heavy atom. The topological polar surface area (TPSA) is 43.2 Å². The van der Waals surface area contributed by atoms with E-state index in [1.165, 1.54) is 27.8 Å². The SMILES string of the molecule is CC(Cc1ccccc1)(C1=N[C@@H]2c3ccccc3C[C@H]2O1)C1=N[C@@H]2c3ccccc3C[C@H]2O1. The van der Waals surface area contributed by atoms with Crippen LogP contribution in [0.3, 0.4) is 0 Å². The smallest absolute Gasteiger partial charge is 0.200 e. The third-order valence-electron chi connectivity index (χ3n) is 7.68. The third-order valence-corrected chi connectivity index (χ3v) is 7.68. The summed E-state index contributed by atoms with van der Waals surface area (Å²) in [5.41, 5.74) is 5.97. The molecule has 0 unspecified atom stereocenters. The molecule has 2 aliphatic carbocycles. The number of hydrogen-bond acceptors (Lipinski definition) is 4. The van der Waals surface area contributed by atoms with Gasteiger partial charge >= 0.3 is 0 Å². The van der Waals surface area contributed by atoms with Crippen LogP contribution >= 0.6 is 0 Å². The molecule has 4 atom stereocenters. The molecule has 4 heteroatoms. The molecule has 164 valence electrons. The Bertz CT molecular complexity index is 1220. The van der Waals surface area contributed by atoms with Crippen LogP contribution in [0, 0.1) is 5.41 Å². The zero-order valence-electron chi connectivity index (χ0n) is 18.6. The molecule has 2 heterocycles. The summed E-state index contributed by atoms with van der Waals surface area (Å²) in [5, 5.41) is 0. The van der Waals surface area contributed by atoms with E-state index in [-0.39, 0.29) is 24.3 Å². The van der Waals surface area contributed by atoms with E-state index in [1.54, 1.807) is 0 Å². The predicted molar refractivity (Wildman–Crippen MR) is 129 cm³/mol. The van der Waals surface area contributed by atoms with Crippen LogP contribution < -0.4 is 0 Å². The molecule has 4 aliphatic rings. The van der Waals surface area contributed by atoms with Crippen LogP contribution in [0.2, 0.25) is 0 Å². The standard InChI is InChI=1S/C29H26N2O2/c1-29(17-18-9-3-2-4-10-18,27-30-25-21-13-7-5-11-19(21)15-23(25)32-27)28-31-26-22-14-8-6-12-20(22)16-24(26)33-28/h2-14,23-26H,15-17H2,1H3/t23-,24-,25-,26-/m1/s1. The molecule has 0 N–H and O–H groups in total. The first-order valence-electron chi connectivity index (χ1n) is 11.9. The van der Waals surface area contributed by atoms with E-state index >= 15 is 0 Å². The Morgan fingerprint density at radius 1 is 0.697 bits per heavy atom. The fraction of sp³-hybridized carbons (Fsp3) is 0.310.